The molecule has 2 heteroatoms. The van der Waals surface area contributed by atoms with Crippen LogP contribution in [0.15, 0.2) is 66.7 Å². The van der Waals surface area contributed by atoms with Gasteiger partial charge in [-0.1, -0.05) is 60.7 Å². The van der Waals surface area contributed by atoms with Crippen LogP contribution in [0.1, 0.15) is 30.9 Å². The van der Waals surface area contributed by atoms with Crippen molar-refractivity contribution >= 4 is 17.1 Å². The summed E-state index contributed by atoms with van der Waals surface area (Å²) in [5.41, 5.74) is 2.89. The Morgan fingerprint density at radius 1 is 0.810 bits per heavy atom. The van der Waals surface area contributed by atoms with Gasteiger partial charge in [0.2, 0.25) is 0 Å². The van der Waals surface area contributed by atoms with Crippen LogP contribution in [-0.2, 0) is 9.59 Å². The summed E-state index contributed by atoms with van der Waals surface area (Å²) in [6.45, 7) is 1.51. The molecule has 0 saturated carbocycles. The first-order valence-corrected chi connectivity index (χ1v) is 7.01. The number of hydrogen-bond donors (Lipinski definition) is 0. The standard InChI is InChI=1S/C19H18O2/c1-15(20)12-13-18(21)14-19(16-8-4-2-5-9-16)17-10-6-3-7-11-17/h2-11,14H,12-13H2,1H3. The summed E-state index contributed by atoms with van der Waals surface area (Å²) in [5.74, 6) is 0.0191. The molecular formula is C19H18O2. The number of allylic oxidation sites excluding steroid dienone is 1. The van der Waals surface area contributed by atoms with E-state index in [9.17, 15) is 9.59 Å². The largest absolute Gasteiger partial charge is 0.300 e. The van der Waals surface area contributed by atoms with Crippen molar-refractivity contribution in [1.29, 1.82) is 0 Å². The summed E-state index contributed by atoms with van der Waals surface area (Å²) >= 11 is 0. The smallest absolute Gasteiger partial charge is 0.156 e. The van der Waals surface area contributed by atoms with E-state index in [4.69, 9.17) is 0 Å². The van der Waals surface area contributed by atoms with Gasteiger partial charge in [-0.05, 0) is 29.7 Å². The molecule has 0 aliphatic carbocycles. The van der Waals surface area contributed by atoms with E-state index in [0.29, 0.717) is 6.42 Å². The quantitative estimate of drug-likeness (QED) is 0.747. The molecule has 2 aromatic carbocycles. The number of benzene rings is 2. The van der Waals surface area contributed by atoms with Gasteiger partial charge in [-0.3, -0.25) is 4.79 Å². The fraction of sp³-hybridized carbons (Fsp3) is 0.158. The summed E-state index contributed by atoms with van der Waals surface area (Å²) in [6.07, 6.45) is 2.21. The second-order valence-electron chi connectivity index (χ2n) is 4.96. The van der Waals surface area contributed by atoms with E-state index in [1.807, 2.05) is 60.7 Å². The number of ketones is 2. The molecule has 0 aliphatic heterocycles. The second-order valence-corrected chi connectivity index (χ2v) is 4.96. The van der Waals surface area contributed by atoms with Crippen LogP contribution in [0.2, 0.25) is 0 Å². The average Bonchev–Trinajstić information content (AvgIpc) is 2.52. The third kappa shape index (κ3) is 4.53. The summed E-state index contributed by atoms with van der Waals surface area (Å²) in [6, 6.07) is 19.6. The predicted molar refractivity (Wildman–Crippen MR) is 84.9 cm³/mol. The van der Waals surface area contributed by atoms with E-state index in [2.05, 4.69) is 0 Å². The van der Waals surface area contributed by atoms with Gasteiger partial charge < -0.3 is 4.79 Å². The molecule has 0 aromatic heterocycles. The number of carbonyl (C=O) groups excluding carboxylic acids is 2. The van der Waals surface area contributed by atoms with Crippen LogP contribution in [-0.4, -0.2) is 11.6 Å². The van der Waals surface area contributed by atoms with Gasteiger partial charge in [0.15, 0.2) is 5.78 Å². The van der Waals surface area contributed by atoms with Crippen LogP contribution >= 0.6 is 0 Å². The van der Waals surface area contributed by atoms with E-state index >= 15 is 0 Å². The minimum absolute atomic E-state index is 0.0205. The first-order valence-electron chi connectivity index (χ1n) is 7.01. The van der Waals surface area contributed by atoms with Gasteiger partial charge in [0.25, 0.3) is 0 Å². The van der Waals surface area contributed by atoms with Crippen molar-refractivity contribution in [2.75, 3.05) is 0 Å². The summed E-state index contributed by atoms with van der Waals surface area (Å²) in [4.78, 5) is 23.1. The number of hydrogen-bond acceptors (Lipinski definition) is 2. The highest BCUT2D eigenvalue weighted by atomic mass is 16.1. The number of rotatable bonds is 6. The van der Waals surface area contributed by atoms with E-state index in [-0.39, 0.29) is 18.0 Å². The third-order valence-electron chi connectivity index (χ3n) is 3.20. The molecular weight excluding hydrogens is 260 g/mol. The molecule has 2 aromatic rings. The maximum atomic E-state index is 12.1. The third-order valence-corrected chi connectivity index (χ3v) is 3.20. The Balaban J connectivity index is 2.33. The lowest BCUT2D eigenvalue weighted by Crippen LogP contribution is -2.00. The van der Waals surface area contributed by atoms with Crippen molar-refractivity contribution < 1.29 is 9.59 Å². The van der Waals surface area contributed by atoms with Crippen LogP contribution in [0.5, 0.6) is 0 Å². The second kappa shape index (κ2) is 7.34. The summed E-state index contributed by atoms with van der Waals surface area (Å²) in [5, 5.41) is 0. The van der Waals surface area contributed by atoms with Crippen molar-refractivity contribution in [3.8, 4) is 0 Å². The molecule has 0 amide bonds. The van der Waals surface area contributed by atoms with Gasteiger partial charge >= 0.3 is 0 Å². The highest BCUT2D eigenvalue weighted by molar-refractivity contribution is 6.01. The van der Waals surface area contributed by atoms with Crippen molar-refractivity contribution in [3.63, 3.8) is 0 Å². The molecule has 0 spiro atoms. The topological polar surface area (TPSA) is 34.1 Å². The first kappa shape index (κ1) is 14.9. The van der Waals surface area contributed by atoms with Crippen molar-refractivity contribution in [2.24, 2.45) is 0 Å². The average molecular weight is 278 g/mol. The Morgan fingerprint density at radius 3 is 1.71 bits per heavy atom. The lowest BCUT2D eigenvalue weighted by Gasteiger charge is -2.08. The molecule has 0 heterocycles. The SMILES string of the molecule is CC(=O)CCC(=O)C=C(c1ccccc1)c1ccccc1. The van der Waals surface area contributed by atoms with Crippen molar-refractivity contribution in [3.05, 3.63) is 77.9 Å². The summed E-state index contributed by atoms with van der Waals surface area (Å²) in [7, 11) is 0. The van der Waals surface area contributed by atoms with E-state index < -0.39 is 0 Å². The van der Waals surface area contributed by atoms with Crippen LogP contribution < -0.4 is 0 Å². The Kier molecular flexibility index (Phi) is 5.22. The van der Waals surface area contributed by atoms with Crippen molar-refractivity contribution in [2.45, 2.75) is 19.8 Å². The minimum Gasteiger partial charge on any atom is -0.300 e. The van der Waals surface area contributed by atoms with E-state index in [1.165, 1.54) is 6.92 Å². The maximum absolute atomic E-state index is 12.1. The molecule has 0 unspecified atom stereocenters. The van der Waals surface area contributed by atoms with Gasteiger partial charge in [0.1, 0.15) is 5.78 Å². The molecule has 0 atom stereocenters. The zero-order chi connectivity index (χ0) is 15.1. The number of carbonyl (C=O) groups is 2. The first-order chi connectivity index (χ1) is 10.2. The van der Waals surface area contributed by atoms with E-state index in [1.54, 1.807) is 6.08 Å². The number of Topliss-reactive ketones (excluding diaryl/α,β-unsaturated/α-hetero) is 1. The highest BCUT2D eigenvalue weighted by Gasteiger charge is 2.08. The van der Waals surface area contributed by atoms with Crippen LogP contribution in [0.3, 0.4) is 0 Å². The fourth-order valence-electron chi connectivity index (χ4n) is 2.10. The Labute approximate surface area is 125 Å². The molecule has 0 saturated heterocycles. The highest BCUT2D eigenvalue weighted by Crippen LogP contribution is 2.23. The monoisotopic (exact) mass is 278 g/mol. The van der Waals surface area contributed by atoms with Gasteiger partial charge in [0.05, 0.1) is 0 Å². The molecule has 0 aliphatic rings. The molecule has 0 bridgehead atoms. The molecule has 0 radical (unpaired) electrons. The maximum Gasteiger partial charge on any atom is 0.156 e. The zero-order valence-electron chi connectivity index (χ0n) is 12.1. The fourth-order valence-corrected chi connectivity index (χ4v) is 2.10. The Hall–Kier alpha value is -2.48. The lowest BCUT2D eigenvalue weighted by molar-refractivity contribution is -0.120. The van der Waals surface area contributed by atoms with Gasteiger partial charge in [-0.15, -0.1) is 0 Å². The summed E-state index contributed by atoms with van der Waals surface area (Å²) < 4.78 is 0. The molecule has 106 valence electrons. The predicted octanol–water partition coefficient (Wildman–Crippen LogP) is 4.06. The molecule has 2 rings (SSSR count). The molecule has 0 fully saturated rings. The normalized spacial score (nSPS) is 9.95. The minimum atomic E-state index is -0.0205. The van der Waals surface area contributed by atoms with Crippen LogP contribution in [0, 0.1) is 0 Å². The van der Waals surface area contributed by atoms with Gasteiger partial charge in [-0.25, -0.2) is 0 Å². The Bertz CT molecular complexity index is 598. The van der Waals surface area contributed by atoms with Crippen LogP contribution in [0.4, 0.5) is 0 Å². The Morgan fingerprint density at radius 2 is 1.29 bits per heavy atom. The molecule has 2 nitrogen and oxygen atoms in total. The van der Waals surface area contributed by atoms with Crippen molar-refractivity contribution in [1.82, 2.24) is 0 Å². The van der Waals surface area contributed by atoms with E-state index in [0.717, 1.165) is 16.7 Å². The molecule has 21 heavy (non-hydrogen) atoms. The van der Waals surface area contributed by atoms with Gasteiger partial charge in [-0.2, -0.15) is 0 Å². The van der Waals surface area contributed by atoms with Crippen LogP contribution in [0.25, 0.3) is 5.57 Å². The lowest BCUT2D eigenvalue weighted by atomic mass is 9.96. The van der Waals surface area contributed by atoms with Gasteiger partial charge in [0, 0.05) is 12.8 Å². The zero-order valence-corrected chi connectivity index (χ0v) is 12.1. The molecule has 0 N–H and O–H groups in total.